The third-order valence-corrected chi connectivity index (χ3v) is 4.88. The Morgan fingerprint density at radius 2 is 1.52 bits per heavy atom. The second-order valence-electron chi connectivity index (χ2n) is 7.28. The summed E-state index contributed by atoms with van der Waals surface area (Å²) in [6.07, 6.45) is 7.26. The molecule has 1 heteroatoms. The predicted molar refractivity (Wildman–Crippen MR) is 108 cm³/mol. The van der Waals surface area contributed by atoms with Crippen molar-refractivity contribution in [2.45, 2.75) is 52.4 Å². The zero-order valence-electron chi connectivity index (χ0n) is 16.2. The van der Waals surface area contributed by atoms with Crippen LogP contribution >= 0.6 is 0 Å². The summed E-state index contributed by atoms with van der Waals surface area (Å²) in [5.74, 6) is 2.13. The van der Waals surface area contributed by atoms with E-state index in [-0.39, 0.29) is 0 Å². The number of ether oxygens (including phenoxy) is 1. The maximum Gasteiger partial charge on any atom is 0.118 e. The van der Waals surface area contributed by atoms with Crippen LogP contribution in [-0.4, -0.2) is 7.11 Å². The Bertz CT molecular complexity index is 636. The normalized spacial score (nSPS) is 13.1. The summed E-state index contributed by atoms with van der Waals surface area (Å²) in [6, 6.07) is 19.5. The minimum absolute atomic E-state index is 0.456. The summed E-state index contributed by atoms with van der Waals surface area (Å²) in [5.41, 5.74) is 4.21. The van der Waals surface area contributed by atoms with Crippen molar-refractivity contribution in [3.8, 4) is 5.75 Å². The molecule has 0 aliphatic heterocycles. The van der Waals surface area contributed by atoms with Crippen LogP contribution in [-0.2, 0) is 0 Å². The highest BCUT2D eigenvalue weighted by Gasteiger charge is 2.15. The first-order valence-electron chi connectivity index (χ1n) is 9.42. The van der Waals surface area contributed by atoms with Gasteiger partial charge in [0.2, 0.25) is 0 Å². The van der Waals surface area contributed by atoms with Crippen LogP contribution in [0.2, 0.25) is 0 Å². The van der Waals surface area contributed by atoms with Gasteiger partial charge in [-0.25, -0.2) is 0 Å². The van der Waals surface area contributed by atoms with E-state index in [0.29, 0.717) is 5.92 Å². The molecule has 2 aromatic carbocycles. The van der Waals surface area contributed by atoms with Gasteiger partial charge in [-0.3, -0.25) is 0 Å². The van der Waals surface area contributed by atoms with E-state index in [1.165, 1.54) is 42.4 Å². The molecule has 0 spiro atoms. The highest BCUT2D eigenvalue weighted by atomic mass is 16.5. The maximum atomic E-state index is 5.31. The Morgan fingerprint density at radius 3 is 2.12 bits per heavy atom. The molecule has 0 radical (unpaired) electrons. The van der Waals surface area contributed by atoms with E-state index in [4.69, 9.17) is 4.74 Å². The molecule has 0 aliphatic carbocycles. The van der Waals surface area contributed by atoms with E-state index < -0.39 is 0 Å². The molecule has 0 bridgehead atoms. The minimum Gasteiger partial charge on any atom is -0.497 e. The standard InChI is InChI=1S/C24H32O/c1-19(2)9-8-10-20(3)13-18-24(21-11-6-5-7-12-21)22-14-16-23(25-4)17-15-22/h5-7,9,11-12,14-17,20,24H,8,10,13,18H2,1-4H3/t20-,24?/m1/s1. The van der Waals surface area contributed by atoms with Crippen LogP contribution in [0.1, 0.15) is 63.5 Å². The topological polar surface area (TPSA) is 9.23 Å². The summed E-state index contributed by atoms with van der Waals surface area (Å²) < 4.78 is 5.31. The van der Waals surface area contributed by atoms with Crippen LogP contribution in [0.3, 0.4) is 0 Å². The van der Waals surface area contributed by atoms with Crippen molar-refractivity contribution in [1.29, 1.82) is 0 Å². The van der Waals surface area contributed by atoms with E-state index in [1.54, 1.807) is 7.11 Å². The SMILES string of the molecule is COc1ccc(C(CC[C@H](C)CCC=C(C)C)c2ccccc2)cc1. The number of hydrogen-bond acceptors (Lipinski definition) is 1. The van der Waals surface area contributed by atoms with Gasteiger partial charge in [0, 0.05) is 5.92 Å². The molecular formula is C24H32O. The van der Waals surface area contributed by atoms with Crippen LogP contribution in [0, 0.1) is 5.92 Å². The average molecular weight is 337 g/mol. The molecule has 1 unspecified atom stereocenters. The summed E-state index contributed by atoms with van der Waals surface area (Å²) in [6.45, 7) is 6.74. The fourth-order valence-electron chi connectivity index (χ4n) is 3.30. The second-order valence-corrected chi connectivity index (χ2v) is 7.28. The van der Waals surface area contributed by atoms with Gasteiger partial charge in [0.1, 0.15) is 5.75 Å². The molecule has 1 nitrogen and oxygen atoms in total. The van der Waals surface area contributed by atoms with Crippen LogP contribution in [0.25, 0.3) is 0 Å². The highest BCUT2D eigenvalue weighted by Crippen LogP contribution is 2.32. The van der Waals surface area contributed by atoms with E-state index in [1.807, 2.05) is 0 Å². The van der Waals surface area contributed by atoms with Crippen LogP contribution < -0.4 is 4.74 Å². The predicted octanol–water partition coefficient (Wildman–Crippen LogP) is 6.99. The van der Waals surface area contributed by atoms with Crippen LogP contribution in [0.5, 0.6) is 5.75 Å². The van der Waals surface area contributed by atoms with Gasteiger partial charge in [0.05, 0.1) is 7.11 Å². The van der Waals surface area contributed by atoms with E-state index >= 15 is 0 Å². The molecule has 0 aliphatic rings. The number of rotatable bonds is 9. The first kappa shape index (κ1) is 19.3. The number of benzene rings is 2. The average Bonchev–Trinajstić information content (AvgIpc) is 2.63. The third-order valence-electron chi connectivity index (χ3n) is 4.88. The number of hydrogen-bond donors (Lipinski definition) is 0. The lowest BCUT2D eigenvalue weighted by Gasteiger charge is -2.20. The minimum atomic E-state index is 0.456. The lowest BCUT2D eigenvalue weighted by molar-refractivity contribution is 0.414. The van der Waals surface area contributed by atoms with Gasteiger partial charge in [0.25, 0.3) is 0 Å². The van der Waals surface area contributed by atoms with Crippen molar-refractivity contribution in [2.75, 3.05) is 7.11 Å². The van der Waals surface area contributed by atoms with Gasteiger partial charge in [-0.2, -0.15) is 0 Å². The zero-order chi connectivity index (χ0) is 18.1. The van der Waals surface area contributed by atoms with Crippen molar-refractivity contribution in [1.82, 2.24) is 0 Å². The molecular weight excluding hydrogens is 304 g/mol. The van der Waals surface area contributed by atoms with Crippen molar-refractivity contribution in [3.05, 3.63) is 77.4 Å². The van der Waals surface area contributed by atoms with Crippen molar-refractivity contribution in [2.24, 2.45) is 5.92 Å². The lowest BCUT2D eigenvalue weighted by atomic mass is 9.84. The summed E-state index contributed by atoms with van der Waals surface area (Å²) in [4.78, 5) is 0. The van der Waals surface area contributed by atoms with Gasteiger partial charge >= 0.3 is 0 Å². The van der Waals surface area contributed by atoms with Crippen LogP contribution in [0.4, 0.5) is 0 Å². The van der Waals surface area contributed by atoms with Gasteiger partial charge in [-0.15, -0.1) is 0 Å². The molecule has 0 heterocycles. The quantitative estimate of drug-likeness (QED) is 0.448. The van der Waals surface area contributed by atoms with Crippen LogP contribution in [0.15, 0.2) is 66.2 Å². The largest absolute Gasteiger partial charge is 0.497 e. The highest BCUT2D eigenvalue weighted by molar-refractivity contribution is 5.35. The molecule has 0 saturated carbocycles. The molecule has 2 atom stereocenters. The molecule has 2 aromatic rings. The molecule has 0 aromatic heterocycles. The monoisotopic (exact) mass is 336 g/mol. The summed E-state index contributed by atoms with van der Waals surface area (Å²) >= 11 is 0. The van der Waals surface area contributed by atoms with Gasteiger partial charge in [-0.05, 0) is 68.7 Å². The first-order chi connectivity index (χ1) is 12.1. The maximum absolute atomic E-state index is 5.31. The fourth-order valence-corrected chi connectivity index (χ4v) is 3.30. The zero-order valence-corrected chi connectivity index (χ0v) is 16.2. The molecule has 134 valence electrons. The smallest absolute Gasteiger partial charge is 0.118 e. The number of methoxy groups -OCH3 is 1. The first-order valence-corrected chi connectivity index (χ1v) is 9.42. The van der Waals surface area contributed by atoms with Gasteiger partial charge in [-0.1, -0.05) is 61.0 Å². The third kappa shape index (κ3) is 6.42. The molecule has 0 saturated heterocycles. The van der Waals surface area contributed by atoms with Gasteiger partial charge in [0.15, 0.2) is 0 Å². The molecule has 0 amide bonds. The Balaban J connectivity index is 2.06. The Hall–Kier alpha value is -2.02. The second kappa shape index (κ2) is 10.1. The molecule has 25 heavy (non-hydrogen) atoms. The Morgan fingerprint density at radius 1 is 0.880 bits per heavy atom. The Labute approximate surface area is 153 Å². The summed E-state index contributed by atoms with van der Waals surface area (Å²) in [5, 5.41) is 0. The molecule has 2 rings (SSSR count). The van der Waals surface area contributed by atoms with E-state index in [9.17, 15) is 0 Å². The fraction of sp³-hybridized carbons (Fsp3) is 0.417. The lowest BCUT2D eigenvalue weighted by Crippen LogP contribution is -2.04. The summed E-state index contributed by atoms with van der Waals surface area (Å²) in [7, 11) is 1.72. The molecule has 0 N–H and O–H groups in total. The van der Waals surface area contributed by atoms with E-state index in [0.717, 1.165) is 11.7 Å². The number of allylic oxidation sites excluding steroid dienone is 2. The van der Waals surface area contributed by atoms with Crippen molar-refractivity contribution in [3.63, 3.8) is 0 Å². The van der Waals surface area contributed by atoms with E-state index in [2.05, 4.69) is 81.4 Å². The van der Waals surface area contributed by atoms with Crippen molar-refractivity contribution < 1.29 is 4.74 Å². The van der Waals surface area contributed by atoms with Gasteiger partial charge < -0.3 is 4.74 Å². The van der Waals surface area contributed by atoms with Crippen molar-refractivity contribution >= 4 is 0 Å². The Kier molecular flexibility index (Phi) is 7.78. The molecule has 0 fully saturated rings.